The topological polar surface area (TPSA) is 129 Å². The molecule has 0 bridgehead atoms. The molecule has 2 saturated carbocycles. The summed E-state index contributed by atoms with van der Waals surface area (Å²) in [5.74, 6) is -4.88. The highest BCUT2D eigenvalue weighted by atomic mass is 32.2. The van der Waals surface area contributed by atoms with Gasteiger partial charge >= 0.3 is 0 Å². The van der Waals surface area contributed by atoms with E-state index >= 15 is 0 Å². The first-order valence-electron chi connectivity index (χ1n) is 14.2. The van der Waals surface area contributed by atoms with E-state index in [1.54, 1.807) is 17.0 Å². The molecule has 45 heavy (non-hydrogen) atoms. The number of sulfonamides is 1. The first-order valence-corrected chi connectivity index (χ1v) is 15.6. The number of nitrogens with zero attached hydrogens (tertiary/aromatic N) is 8. The number of halogens is 4. The van der Waals surface area contributed by atoms with E-state index in [9.17, 15) is 30.8 Å². The third kappa shape index (κ3) is 4.95. The van der Waals surface area contributed by atoms with E-state index in [2.05, 4.69) is 25.1 Å². The number of alkyl halides is 2. The summed E-state index contributed by atoms with van der Waals surface area (Å²) in [4.78, 5) is 26.2. The maximum atomic E-state index is 14.4. The molecule has 4 aromatic rings. The van der Waals surface area contributed by atoms with Crippen LogP contribution in [0.3, 0.4) is 0 Å². The summed E-state index contributed by atoms with van der Waals surface area (Å²) >= 11 is 0. The maximum Gasteiger partial charge on any atom is 0.282 e. The van der Waals surface area contributed by atoms with Gasteiger partial charge in [-0.2, -0.15) is 13.8 Å². The van der Waals surface area contributed by atoms with Gasteiger partial charge in [0, 0.05) is 44.2 Å². The fourth-order valence-corrected chi connectivity index (χ4v) is 8.52. The first-order chi connectivity index (χ1) is 21.4. The van der Waals surface area contributed by atoms with Gasteiger partial charge in [0.2, 0.25) is 5.95 Å². The molecule has 4 aromatic heterocycles. The van der Waals surface area contributed by atoms with Crippen LogP contribution in [0.15, 0.2) is 59.9 Å². The summed E-state index contributed by atoms with van der Waals surface area (Å²) in [6.45, 7) is 0. The highest BCUT2D eigenvalue weighted by Crippen LogP contribution is 2.53. The lowest BCUT2D eigenvalue weighted by atomic mass is 9.60. The Morgan fingerprint density at radius 1 is 1.04 bits per heavy atom. The van der Waals surface area contributed by atoms with E-state index in [1.807, 2.05) is 0 Å². The van der Waals surface area contributed by atoms with Crippen LogP contribution < -0.4 is 0 Å². The number of rotatable bonds is 7. The van der Waals surface area contributed by atoms with Crippen molar-refractivity contribution in [3.8, 4) is 5.69 Å². The Hall–Kier alpha value is -4.31. The quantitative estimate of drug-likeness (QED) is 0.169. The van der Waals surface area contributed by atoms with Gasteiger partial charge in [-0.1, -0.05) is 5.57 Å². The lowest BCUT2D eigenvalue weighted by molar-refractivity contribution is -0.116. The highest BCUT2D eigenvalue weighted by Gasteiger charge is 2.57. The van der Waals surface area contributed by atoms with Crippen molar-refractivity contribution < 1.29 is 30.8 Å². The largest absolute Gasteiger partial charge is 0.291 e. The number of aryl methyl sites for hydroxylation is 1. The Bertz CT molecular complexity index is 1950. The third-order valence-corrected chi connectivity index (χ3v) is 10.7. The number of pyridine rings is 2. The molecule has 7 rings (SSSR count). The van der Waals surface area contributed by atoms with Crippen molar-refractivity contribution in [1.82, 2.24) is 38.8 Å². The number of allylic oxidation sites excluding steroid dienone is 1. The molecule has 2 fully saturated rings. The van der Waals surface area contributed by atoms with E-state index in [1.165, 1.54) is 42.6 Å². The van der Waals surface area contributed by atoms with Gasteiger partial charge in [-0.3, -0.25) is 14.5 Å². The molecule has 3 aliphatic rings. The predicted octanol–water partition coefficient (Wildman–Crippen LogP) is 3.92. The van der Waals surface area contributed by atoms with E-state index < -0.39 is 69.0 Å². The summed E-state index contributed by atoms with van der Waals surface area (Å²) in [5, 5.41) is 7.88. The van der Waals surface area contributed by atoms with Gasteiger partial charge in [0.1, 0.15) is 17.8 Å². The van der Waals surface area contributed by atoms with E-state index in [0.717, 1.165) is 16.4 Å². The van der Waals surface area contributed by atoms with E-state index in [4.69, 9.17) is 0 Å². The smallest absolute Gasteiger partial charge is 0.282 e. The molecule has 0 unspecified atom stereocenters. The second-order valence-electron chi connectivity index (χ2n) is 11.8. The molecular weight excluding hydrogens is 616 g/mol. The number of aromatic nitrogens is 7. The minimum atomic E-state index is -4.45. The van der Waals surface area contributed by atoms with Crippen LogP contribution in [0.5, 0.6) is 0 Å². The van der Waals surface area contributed by atoms with Crippen LogP contribution in [0.25, 0.3) is 11.8 Å². The summed E-state index contributed by atoms with van der Waals surface area (Å²) in [6.07, 6.45) is 6.14. The Labute approximate surface area is 254 Å². The Morgan fingerprint density at radius 3 is 2.51 bits per heavy atom. The second-order valence-corrected chi connectivity index (χ2v) is 13.5. The molecule has 0 amide bonds. The summed E-state index contributed by atoms with van der Waals surface area (Å²) in [6, 6.07) is 2.94. The van der Waals surface area contributed by atoms with Gasteiger partial charge in [-0.15, -0.1) is 5.10 Å². The zero-order valence-electron chi connectivity index (χ0n) is 23.8. The molecule has 0 spiro atoms. The van der Waals surface area contributed by atoms with Crippen LogP contribution in [0.1, 0.15) is 53.8 Å². The monoisotopic (exact) mass is 642 g/mol. The zero-order chi connectivity index (χ0) is 31.7. The van der Waals surface area contributed by atoms with Gasteiger partial charge in [-0.05, 0) is 55.5 Å². The van der Waals surface area contributed by atoms with Crippen molar-refractivity contribution in [2.24, 2.45) is 12.5 Å². The van der Waals surface area contributed by atoms with E-state index in [-0.39, 0.29) is 31.4 Å². The fraction of sp³-hybridized carbons (Fsp3) is 0.379. The molecule has 0 aliphatic heterocycles. The summed E-state index contributed by atoms with van der Waals surface area (Å²) < 4.78 is 87.9. The number of carbonyl (C=O) groups is 1. The van der Waals surface area contributed by atoms with Gasteiger partial charge in [0.05, 0.1) is 29.2 Å². The van der Waals surface area contributed by atoms with Gasteiger partial charge in [0.15, 0.2) is 5.78 Å². The minimum absolute atomic E-state index is 0.0624. The Morgan fingerprint density at radius 2 is 1.84 bits per heavy atom. The number of hydrogen-bond donors (Lipinski definition) is 0. The van der Waals surface area contributed by atoms with Crippen molar-refractivity contribution in [3.63, 3.8) is 0 Å². The number of fused-ring (bicyclic) bond motifs is 2. The molecule has 234 valence electrons. The first kappa shape index (κ1) is 29.4. The van der Waals surface area contributed by atoms with Crippen molar-refractivity contribution in [1.29, 1.82) is 0 Å². The molecule has 16 heteroatoms. The van der Waals surface area contributed by atoms with Crippen molar-refractivity contribution in [2.45, 2.75) is 61.7 Å². The summed E-state index contributed by atoms with van der Waals surface area (Å²) in [5.41, 5.74) is 0.864. The molecule has 0 saturated heterocycles. The zero-order valence-corrected chi connectivity index (χ0v) is 24.6. The van der Waals surface area contributed by atoms with Crippen LogP contribution in [0, 0.1) is 17.2 Å². The molecular formula is C29H26F4N8O3S. The van der Waals surface area contributed by atoms with E-state index in [0.29, 0.717) is 22.5 Å². The predicted molar refractivity (Wildman–Crippen MR) is 150 cm³/mol. The van der Waals surface area contributed by atoms with Gasteiger partial charge in [-0.25, -0.2) is 36.2 Å². The van der Waals surface area contributed by atoms with Crippen molar-refractivity contribution >= 4 is 21.9 Å². The number of ketones is 1. The molecule has 2 atom stereocenters. The molecule has 4 heterocycles. The normalized spacial score (nSPS) is 22.8. The van der Waals surface area contributed by atoms with Gasteiger partial charge in [0.25, 0.3) is 21.1 Å². The SMILES string of the molecule is Cn1cnc(S(=O)(=O)N(C2CC(F)(F)C2)[C@H]2CCC3=Cc4c(cnn4-c4ccc(F)nc4)C[C@]3(C(=O)c3cc(F)ccn3)C2)n1. The second kappa shape index (κ2) is 10.4. The average Bonchev–Trinajstić information content (AvgIpc) is 3.61. The molecule has 11 nitrogen and oxygen atoms in total. The third-order valence-electron chi connectivity index (χ3n) is 8.86. The number of carbonyl (C=O) groups excluding carboxylic acids is 1. The van der Waals surface area contributed by atoms with Crippen LogP contribution in [0.4, 0.5) is 17.6 Å². The maximum absolute atomic E-state index is 14.4. The van der Waals surface area contributed by atoms with Gasteiger partial charge < -0.3 is 0 Å². The number of Topliss-reactive ketones (excluding diaryl/α,β-unsaturated/α-hetero) is 1. The molecule has 0 radical (unpaired) electrons. The highest BCUT2D eigenvalue weighted by molar-refractivity contribution is 7.89. The summed E-state index contributed by atoms with van der Waals surface area (Å²) in [7, 11) is -2.96. The van der Waals surface area contributed by atoms with Crippen LogP contribution in [-0.4, -0.2) is 71.0 Å². The standard InChI is InChI=1S/C29H26F4N8O3S/c1-39-16-36-27(38-39)45(43,44)41(22-12-29(32,33)13-22)20-3-2-18-8-24-17(14-37-40(24)21-4-5-25(31)35-15-21)10-28(18,11-20)26(42)23-9-19(30)6-7-34-23/h4-9,14-16,20,22H,2-3,10-13H2,1H3/t20-,28-/m0/s1. The lowest BCUT2D eigenvalue weighted by Crippen LogP contribution is -2.59. The molecule has 0 aromatic carbocycles. The van der Waals surface area contributed by atoms with Crippen LogP contribution >= 0.6 is 0 Å². The van der Waals surface area contributed by atoms with Crippen LogP contribution in [0.2, 0.25) is 0 Å². The van der Waals surface area contributed by atoms with Crippen LogP contribution in [-0.2, 0) is 23.5 Å². The molecule has 0 N–H and O–H groups in total. The average molecular weight is 643 g/mol. The Kier molecular flexibility index (Phi) is 6.78. The number of hydrogen-bond acceptors (Lipinski definition) is 8. The van der Waals surface area contributed by atoms with Crippen molar-refractivity contribution in [3.05, 3.63) is 83.5 Å². The minimum Gasteiger partial charge on any atom is -0.291 e. The van der Waals surface area contributed by atoms with Crippen molar-refractivity contribution in [2.75, 3.05) is 0 Å². The Balaban J connectivity index is 1.33. The fourth-order valence-electron chi connectivity index (χ4n) is 6.81. The lowest BCUT2D eigenvalue weighted by Gasteiger charge is -2.50. The molecule has 3 aliphatic carbocycles.